The zero-order valence-corrected chi connectivity index (χ0v) is 15.4. The third-order valence-electron chi connectivity index (χ3n) is 8.08. The maximum atomic E-state index is 12.1. The summed E-state index contributed by atoms with van der Waals surface area (Å²) in [5.74, 6) is 0.719. The summed E-state index contributed by atoms with van der Waals surface area (Å²) in [6, 6.07) is 0. The van der Waals surface area contributed by atoms with Crippen molar-refractivity contribution in [1.82, 2.24) is 0 Å². The van der Waals surface area contributed by atoms with Crippen LogP contribution in [0.2, 0.25) is 0 Å². The van der Waals surface area contributed by atoms with Gasteiger partial charge in [-0.1, -0.05) is 31.6 Å². The van der Waals surface area contributed by atoms with Crippen molar-refractivity contribution in [2.45, 2.75) is 71.2 Å². The highest BCUT2D eigenvalue weighted by molar-refractivity contribution is 5.95. The first-order valence-corrected chi connectivity index (χ1v) is 9.65. The standard InChI is InChI=1S/C21H30O4/c1-11(22)15-6-7-16-14-5-4-12-8-13(23)9-18(25)21(12,3)19(14)17(24)10-20(15,16)2/h4,6,13-14,16-19,23-25H,5,7-10H2,1-3H3/t13-,14+,16+,17+,18+,19-,20-,21-/m1/s1. The van der Waals surface area contributed by atoms with Crippen LogP contribution in [0.25, 0.3) is 0 Å². The molecule has 0 aliphatic heterocycles. The van der Waals surface area contributed by atoms with Crippen molar-refractivity contribution < 1.29 is 20.1 Å². The van der Waals surface area contributed by atoms with Gasteiger partial charge < -0.3 is 15.3 Å². The second-order valence-corrected chi connectivity index (χ2v) is 9.25. The van der Waals surface area contributed by atoms with Crippen LogP contribution < -0.4 is 0 Å². The Hall–Kier alpha value is -0.970. The number of carbonyl (C=O) groups excluding carboxylic acids is 1. The van der Waals surface area contributed by atoms with Gasteiger partial charge in [-0.05, 0) is 55.9 Å². The molecule has 0 spiro atoms. The van der Waals surface area contributed by atoms with Crippen molar-refractivity contribution in [3.63, 3.8) is 0 Å². The van der Waals surface area contributed by atoms with E-state index in [-0.39, 0.29) is 23.0 Å². The Labute approximate surface area is 149 Å². The molecule has 4 aliphatic rings. The Bertz CT molecular complexity index is 665. The Balaban J connectivity index is 1.75. The Morgan fingerprint density at radius 2 is 1.88 bits per heavy atom. The average Bonchev–Trinajstić information content (AvgIpc) is 2.85. The molecule has 3 N–H and O–H groups in total. The molecule has 0 bridgehead atoms. The van der Waals surface area contributed by atoms with Crippen LogP contribution in [0.3, 0.4) is 0 Å². The molecule has 0 amide bonds. The lowest BCUT2D eigenvalue weighted by atomic mass is 9.46. The number of rotatable bonds is 1. The van der Waals surface area contributed by atoms with Gasteiger partial charge in [0.15, 0.2) is 5.78 Å². The molecule has 4 aliphatic carbocycles. The zero-order chi connectivity index (χ0) is 18.1. The third kappa shape index (κ3) is 2.20. The fourth-order valence-corrected chi connectivity index (χ4v) is 6.94. The van der Waals surface area contributed by atoms with Gasteiger partial charge in [-0.25, -0.2) is 0 Å². The molecule has 0 aromatic carbocycles. The van der Waals surface area contributed by atoms with Crippen molar-refractivity contribution in [2.75, 3.05) is 0 Å². The molecule has 0 aromatic rings. The molecule has 4 rings (SSSR count). The molecular weight excluding hydrogens is 316 g/mol. The van der Waals surface area contributed by atoms with Gasteiger partial charge in [0.25, 0.3) is 0 Å². The number of fused-ring (bicyclic) bond motifs is 5. The summed E-state index contributed by atoms with van der Waals surface area (Å²) in [5, 5.41) is 32.1. The molecule has 138 valence electrons. The Morgan fingerprint density at radius 3 is 2.56 bits per heavy atom. The van der Waals surface area contributed by atoms with E-state index in [1.165, 1.54) is 0 Å². The molecule has 8 atom stereocenters. The monoisotopic (exact) mass is 346 g/mol. The maximum Gasteiger partial charge on any atom is 0.156 e. The summed E-state index contributed by atoms with van der Waals surface area (Å²) < 4.78 is 0. The van der Waals surface area contributed by atoms with Crippen molar-refractivity contribution in [3.05, 3.63) is 23.3 Å². The maximum absolute atomic E-state index is 12.1. The summed E-state index contributed by atoms with van der Waals surface area (Å²) in [6.07, 6.45) is 5.95. The number of hydrogen-bond acceptors (Lipinski definition) is 4. The van der Waals surface area contributed by atoms with E-state index < -0.39 is 23.7 Å². The number of allylic oxidation sites excluding steroid dienone is 3. The molecular formula is C21H30O4. The lowest BCUT2D eigenvalue weighted by Crippen LogP contribution is -2.60. The highest BCUT2D eigenvalue weighted by atomic mass is 16.3. The van der Waals surface area contributed by atoms with E-state index in [9.17, 15) is 20.1 Å². The molecule has 2 saturated carbocycles. The summed E-state index contributed by atoms with van der Waals surface area (Å²) in [6.45, 7) is 5.84. The largest absolute Gasteiger partial charge is 0.393 e. The minimum Gasteiger partial charge on any atom is -0.393 e. The molecule has 0 unspecified atom stereocenters. The van der Waals surface area contributed by atoms with Crippen LogP contribution in [0.5, 0.6) is 0 Å². The first-order chi connectivity index (χ1) is 11.7. The normalized spacial score (nSPS) is 51.8. The first kappa shape index (κ1) is 17.4. The van der Waals surface area contributed by atoms with Crippen LogP contribution in [-0.2, 0) is 4.79 Å². The fourth-order valence-electron chi connectivity index (χ4n) is 6.94. The van der Waals surface area contributed by atoms with Gasteiger partial charge in [0.1, 0.15) is 0 Å². The highest BCUT2D eigenvalue weighted by Gasteiger charge is 2.62. The number of ketones is 1. The van der Waals surface area contributed by atoms with Gasteiger partial charge in [0.05, 0.1) is 18.3 Å². The molecule has 2 fully saturated rings. The molecule has 0 heterocycles. The van der Waals surface area contributed by atoms with Gasteiger partial charge in [0, 0.05) is 17.3 Å². The lowest BCUT2D eigenvalue weighted by molar-refractivity contribution is -0.148. The number of aliphatic hydroxyl groups is 3. The number of aliphatic hydroxyl groups excluding tert-OH is 3. The minimum atomic E-state index is -0.629. The van der Waals surface area contributed by atoms with Crippen LogP contribution in [0, 0.1) is 28.6 Å². The van der Waals surface area contributed by atoms with Crippen molar-refractivity contribution in [2.24, 2.45) is 28.6 Å². The van der Waals surface area contributed by atoms with Crippen molar-refractivity contribution in [1.29, 1.82) is 0 Å². The predicted octanol–water partition coefficient (Wildman–Crippen LogP) is 2.38. The van der Waals surface area contributed by atoms with Crippen LogP contribution in [0.4, 0.5) is 0 Å². The van der Waals surface area contributed by atoms with E-state index in [1.807, 2.05) is 0 Å². The Morgan fingerprint density at radius 1 is 1.16 bits per heavy atom. The summed E-state index contributed by atoms with van der Waals surface area (Å²) in [4.78, 5) is 12.1. The van der Waals surface area contributed by atoms with Gasteiger partial charge in [-0.15, -0.1) is 0 Å². The topological polar surface area (TPSA) is 77.8 Å². The van der Waals surface area contributed by atoms with Crippen LogP contribution in [-0.4, -0.2) is 39.4 Å². The first-order valence-electron chi connectivity index (χ1n) is 9.65. The van der Waals surface area contributed by atoms with E-state index in [0.29, 0.717) is 25.2 Å². The van der Waals surface area contributed by atoms with E-state index >= 15 is 0 Å². The SMILES string of the molecule is CC(=O)C1=CC[C@H]2[C@@H]3CC=C4C[C@@H](O)C[C@H](O)[C@]4(C)[C@H]3[C@@H](O)C[C@]12C. The van der Waals surface area contributed by atoms with E-state index in [2.05, 4.69) is 26.0 Å². The summed E-state index contributed by atoms with van der Waals surface area (Å²) in [7, 11) is 0. The van der Waals surface area contributed by atoms with Crippen LogP contribution in [0.15, 0.2) is 23.3 Å². The smallest absolute Gasteiger partial charge is 0.156 e. The van der Waals surface area contributed by atoms with E-state index in [0.717, 1.165) is 24.0 Å². The highest BCUT2D eigenvalue weighted by Crippen LogP contribution is 2.64. The van der Waals surface area contributed by atoms with E-state index in [4.69, 9.17) is 0 Å². The second kappa shape index (κ2) is 5.51. The molecule has 0 radical (unpaired) electrons. The summed E-state index contributed by atoms with van der Waals surface area (Å²) >= 11 is 0. The van der Waals surface area contributed by atoms with Crippen molar-refractivity contribution in [3.8, 4) is 0 Å². The molecule has 0 aromatic heterocycles. The summed E-state index contributed by atoms with van der Waals surface area (Å²) in [5.41, 5.74) is 1.27. The quantitative estimate of drug-likeness (QED) is 0.637. The van der Waals surface area contributed by atoms with Gasteiger partial charge in [-0.3, -0.25) is 4.79 Å². The lowest BCUT2D eigenvalue weighted by Gasteiger charge is -2.60. The van der Waals surface area contributed by atoms with Gasteiger partial charge >= 0.3 is 0 Å². The van der Waals surface area contributed by atoms with Gasteiger partial charge in [-0.2, -0.15) is 0 Å². The Kier molecular flexibility index (Phi) is 3.85. The second-order valence-electron chi connectivity index (χ2n) is 9.25. The predicted molar refractivity (Wildman–Crippen MR) is 94.6 cm³/mol. The third-order valence-corrected chi connectivity index (χ3v) is 8.08. The minimum absolute atomic E-state index is 0.00668. The fraction of sp³-hybridized carbons (Fsp3) is 0.762. The van der Waals surface area contributed by atoms with Gasteiger partial charge in [0.2, 0.25) is 0 Å². The number of hydrogen-bond donors (Lipinski definition) is 3. The number of carbonyl (C=O) groups is 1. The molecule has 4 nitrogen and oxygen atoms in total. The van der Waals surface area contributed by atoms with Crippen LogP contribution >= 0.6 is 0 Å². The molecule has 4 heteroatoms. The molecule has 25 heavy (non-hydrogen) atoms. The molecule has 0 saturated heterocycles. The number of Topliss-reactive ketones (excluding diaryl/α,β-unsaturated/α-hetero) is 1. The van der Waals surface area contributed by atoms with E-state index in [1.54, 1.807) is 6.92 Å². The van der Waals surface area contributed by atoms with Crippen LogP contribution in [0.1, 0.15) is 52.9 Å². The average molecular weight is 346 g/mol. The van der Waals surface area contributed by atoms with Crippen molar-refractivity contribution >= 4 is 5.78 Å². The zero-order valence-electron chi connectivity index (χ0n) is 15.4.